The summed E-state index contributed by atoms with van der Waals surface area (Å²) in [4.78, 5) is 51.5. The van der Waals surface area contributed by atoms with E-state index in [1.54, 1.807) is 12.1 Å². The molecule has 0 aliphatic rings. The van der Waals surface area contributed by atoms with E-state index in [2.05, 4.69) is 25.5 Å². The minimum Gasteiger partial charge on any atom is -0.366 e. The second-order valence-electron chi connectivity index (χ2n) is 6.07. The number of nitrogens with one attached hydrogen (secondary N) is 3. The summed E-state index contributed by atoms with van der Waals surface area (Å²) in [6, 6.07) is 8.44. The average molecular weight is 406 g/mol. The molecule has 3 amide bonds. The third-order valence-electron chi connectivity index (χ3n) is 3.93. The first kappa shape index (κ1) is 20.0. The van der Waals surface area contributed by atoms with Crippen LogP contribution in [0.15, 0.2) is 51.4 Å². The highest BCUT2D eigenvalue weighted by atomic mass is 16.2. The molecule has 3 aromatic rings. The van der Waals surface area contributed by atoms with Gasteiger partial charge >= 0.3 is 5.69 Å². The molecular weight excluding hydrogens is 392 g/mol. The van der Waals surface area contributed by atoms with Gasteiger partial charge in [0.05, 0.1) is 16.7 Å². The van der Waals surface area contributed by atoms with Crippen LogP contribution in [-0.4, -0.2) is 33.7 Å². The molecule has 3 rings (SSSR count). The van der Waals surface area contributed by atoms with Crippen LogP contribution in [0.3, 0.4) is 0 Å². The van der Waals surface area contributed by atoms with Gasteiger partial charge in [0.1, 0.15) is 6.07 Å². The van der Waals surface area contributed by atoms with E-state index < -0.39 is 29.5 Å². The fraction of sp³-hybridized carbons (Fsp3) is 0.0556. The average Bonchev–Trinajstić information content (AvgIpc) is 3.07. The summed E-state index contributed by atoms with van der Waals surface area (Å²) in [6.07, 6.45) is 0. The molecule has 0 bridgehead atoms. The van der Waals surface area contributed by atoms with Crippen LogP contribution >= 0.6 is 0 Å². The van der Waals surface area contributed by atoms with Crippen molar-refractivity contribution in [3.63, 3.8) is 0 Å². The Morgan fingerprint density at radius 1 is 1.00 bits per heavy atom. The zero-order valence-corrected chi connectivity index (χ0v) is 15.2. The van der Waals surface area contributed by atoms with Gasteiger partial charge in [-0.2, -0.15) is 15.5 Å². The van der Waals surface area contributed by atoms with E-state index >= 15 is 0 Å². The van der Waals surface area contributed by atoms with Crippen LogP contribution in [0, 0.1) is 11.3 Å². The summed E-state index contributed by atoms with van der Waals surface area (Å²) in [7, 11) is 0. The zero-order valence-electron chi connectivity index (χ0n) is 15.2. The van der Waals surface area contributed by atoms with Gasteiger partial charge in [-0.3, -0.25) is 14.4 Å². The lowest BCUT2D eigenvalue weighted by Crippen LogP contribution is -2.24. The Bertz CT molecular complexity index is 1270. The maximum Gasteiger partial charge on any atom is 0.323 e. The number of aromatic nitrogens is 2. The van der Waals surface area contributed by atoms with Crippen LogP contribution in [0.2, 0.25) is 0 Å². The number of anilines is 1. The molecule has 0 saturated carbocycles. The largest absolute Gasteiger partial charge is 0.366 e. The maximum absolute atomic E-state index is 12.3. The molecular formula is C18H14N8O4. The number of amides is 3. The van der Waals surface area contributed by atoms with Crippen molar-refractivity contribution >= 4 is 40.1 Å². The van der Waals surface area contributed by atoms with E-state index in [0.29, 0.717) is 16.7 Å². The maximum atomic E-state index is 12.3. The van der Waals surface area contributed by atoms with Crippen LogP contribution in [-0.2, 0) is 4.79 Å². The third-order valence-corrected chi connectivity index (χ3v) is 3.93. The number of hydrogen-bond donors (Lipinski definition) is 5. The van der Waals surface area contributed by atoms with Crippen molar-refractivity contribution in [3.05, 3.63) is 58.0 Å². The Hall–Kier alpha value is -4.79. The van der Waals surface area contributed by atoms with Crippen LogP contribution in [0.25, 0.3) is 11.0 Å². The highest BCUT2D eigenvalue weighted by Gasteiger charge is 2.18. The Morgan fingerprint density at radius 2 is 1.63 bits per heavy atom. The monoisotopic (exact) mass is 406 g/mol. The number of benzene rings is 2. The van der Waals surface area contributed by atoms with E-state index in [9.17, 15) is 24.4 Å². The third kappa shape index (κ3) is 4.37. The molecule has 0 radical (unpaired) electrons. The van der Waals surface area contributed by atoms with E-state index in [1.165, 1.54) is 30.3 Å². The molecule has 1 unspecified atom stereocenters. The lowest BCUT2D eigenvalue weighted by atomic mass is 10.1. The molecule has 1 aromatic heterocycles. The molecule has 12 nitrogen and oxygen atoms in total. The van der Waals surface area contributed by atoms with Gasteiger partial charge in [0.15, 0.2) is 0 Å². The molecule has 0 fully saturated rings. The Morgan fingerprint density at radius 3 is 2.23 bits per heavy atom. The van der Waals surface area contributed by atoms with E-state index in [1.807, 2.05) is 0 Å². The molecule has 0 aliphatic heterocycles. The topological polar surface area (TPSA) is 212 Å². The van der Waals surface area contributed by atoms with Crippen LogP contribution in [0.4, 0.5) is 11.4 Å². The number of primary amides is 2. The van der Waals surface area contributed by atoms with Crippen molar-refractivity contribution < 1.29 is 14.4 Å². The van der Waals surface area contributed by atoms with Gasteiger partial charge in [0, 0.05) is 16.8 Å². The van der Waals surface area contributed by atoms with Crippen molar-refractivity contribution in [2.24, 2.45) is 21.7 Å². The molecule has 150 valence electrons. The van der Waals surface area contributed by atoms with E-state index in [4.69, 9.17) is 11.5 Å². The number of carbonyl (C=O) groups is 3. The first-order valence-corrected chi connectivity index (χ1v) is 8.35. The van der Waals surface area contributed by atoms with Gasteiger partial charge in [0.2, 0.25) is 17.9 Å². The highest BCUT2D eigenvalue weighted by Crippen LogP contribution is 2.19. The molecule has 7 N–H and O–H groups in total. The number of carbonyl (C=O) groups excluding carboxylic acids is 3. The lowest BCUT2D eigenvalue weighted by molar-refractivity contribution is -0.116. The van der Waals surface area contributed by atoms with Gasteiger partial charge in [0.25, 0.3) is 5.91 Å². The van der Waals surface area contributed by atoms with E-state index in [-0.39, 0.29) is 16.8 Å². The predicted octanol–water partition coefficient (Wildman–Crippen LogP) is 0.669. The van der Waals surface area contributed by atoms with Crippen LogP contribution in [0.1, 0.15) is 20.7 Å². The smallest absolute Gasteiger partial charge is 0.323 e. The summed E-state index contributed by atoms with van der Waals surface area (Å²) < 4.78 is 0. The normalized spacial score (nSPS) is 11.8. The van der Waals surface area contributed by atoms with E-state index in [0.717, 1.165) is 0 Å². The number of nitrogens with two attached hydrogens (primary N) is 2. The number of nitriles is 1. The fourth-order valence-electron chi connectivity index (χ4n) is 2.54. The lowest BCUT2D eigenvalue weighted by Gasteiger charge is -2.06. The summed E-state index contributed by atoms with van der Waals surface area (Å²) >= 11 is 0. The second-order valence-corrected chi connectivity index (χ2v) is 6.07. The number of fused-ring (bicyclic) bond motifs is 1. The summed E-state index contributed by atoms with van der Waals surface area (Å²) in [5, 5.41) is 19.2. The molecule has 0 spiro atoms. The van der Waals surface area contributed by atoms with Crippen molar-refractivity contribution in [3.8, 4) is 6.07 Å². The van der Waals surface area contributed by atoms with Crippen molar-refractivity contribution in [2.45, 2.75) is 6.04 Å². The van der Waals surface area contributed by atoms with Gasteiger partial charge in [-0.15, -0.1) is 0 Å². The minimum absolute atomic E-state index is 0.0134. The van der Waals surface area contributed by atoms with Crippen LogP contribution < -0.4 is 22.5 Å². The van der Waals surface area contributed by atoms with Gasteiger partial charge < -0.3 is 26.8 Å². The van der Waals surface area contributed by atoms with Gasteiger partial charge in [-0.1, -0.05) is 0 Å². The quantitative estimate of drug-likeness (QED) is 0.372. The number of aromatic amines is 2. The molecule has 2 aromatic carbocycles. The molecule has 12 heteroatoms. The van der Waals surface area contributed by atoms with Crippen molar-refractivity contribution in [2.75, 3.05) is 5.32 Å². The summed E-state index contributed by atoms with van der Waals surface area (Å²) in [6.45, 7) is 0. The molecule has 0 aliphatic carbocycles. The zero-order chi connectivity index (χ0) is 21.8. The fourth-order valence-corrected chi connectivity index (χ4v) is 2.54. The second kappa shape index (κ2) is 8.07. The first-order chi connectivity index (χ1) is 14.3. The number of azo groups is 1. The summed E-state index contributed by atoms with van der Waals surface area (Å²) in [5.74, 6) is -2.41. The van der Waals surface area contributed by atoms with Crippen molar-refractivity contribution in [1.29, 1.82) is 5.26 Å². The van der Waals surface area contributed by atoms with Crippen LogP contribution in [0.5, 0.6) is 0 Å². The minimum atomic E-state index is -1.53. The Balaban J connectivity index is 1.81. The molecule has 1 heterocycles. The van der Waals surface area contributed by atoms with Gasteiger partial charge in [-0.25, -0.2) is 4.79 Å². The number of hydrogen-bond acceptors (Lipinski definition) is 7. The SMILES string of the molecule is N#CC(N=Nc1cc(C(N)=O)cc(C(N)=O)c1)C(=O)Nc1ccc2[nH]c(=O)[nH]c2c1. The number of rotatable bonds is 6. The number of H-pyrrole nitrogens is 2. The molecule has 0 saturated heterocycles. The Labute approximate surface area is 167 Å². The predicted molar refractivity (Wildman–Crippen MR) is 105 cm³/mol. The standard InChI is InChI=1S/C18H14N8O4/c19-7-14(17(29)22-10-1-2-12-13(6-10)24-18(30)23-12)26-25-11-4-8(15(20)27)3-9(5-11)16(21)28/h1-6,14H,(H2,20,27)(H2,21,28)(H,22,29)(H2,23,24,30). The molecule has 1 atom stereocenters. The Kier molecular flexibility index (Phi) is 5.37. The van der Waals surface area contributed by atoms with Crippen molar-refractivity contribution in [1.82, 2.24) is 9.97 Å². The molecule has 30 heavy (non-hydrogen) atoms. The highest BCUT2D eigenvalue weighted by molar-refractivity contribution is 6.00. The number of nitrogens with zero attached hydrogens (tertiary/aromatic N) is 3. The number of imidazole rings is 1. The van der Waals surface area contributed by atoms with Gasteiger partial charge in [-0.05, 0) is 36.4 Å². The first-order valence-electron chi connectivity index (χ1n) is 8.35. The summed E-state index contributed by atoms with van der Waals surface area (Å²) in [5.41, 5.74) is 11.3.